The Labute approximate surface area is 208 Å². The van der Waals surface area contributed by atoms with Crippen LogP contribution in [0.4, 0.5) is 0 Å². The van der Waals surface area contributed by atoms with Crippen LogP contribution in [-0.4, -0.2) is 42.5 Å². The molecule has 2 fully saturated rings. The summed E-state index contributed by atoms with van der Waals surface area (Å²) in [6.07, 6.45) is 11.0. The SMILES string of the molecule is CC(C)(O)/C=C/c1ccc2c(C(=O)NC3CC4(C3)CC(c3n[nH]c(=O)c5ccccc35)C4)cnn2c1. The van der Waals surface area contributed by atoms with Crippen LogP contribution in [0.3, 0.4) is 0 Å². The zero-order chi connectivity index (χ0) is 25.1. The van der Waals surface area contributed by atoms with Crippen LogP contribution >= 0.6 is 0 Å². The summed E-state index contributed by atoms with van der Waals surface area (Å²) in [5.74, 6) is 0.233. The summed E-state index contributed by atoms with van der Waals surface area (Å²) in [6, 6.07) is 11.6. The van der Waals surface area contributed by atoms with Gasteiger partial charge in [-0.2, -0.15) is 10.2 Å². The second-order valence-corrected chi connectivity index (χ2v) is 11.0. The number of pyridine rings is 1. The fourth-order valence-electron chi connectivity index (χ4n) is 5.88. The molecule has 0 atom stereocenters. The molecule has 8 heteroatoms. The molecule has 184 valence electrons. The van der Waals surface area contributed by atoms with Gasteiger partial charge in [-0.3, -0.25) is 9.59 Å². The van der Waals surface area contributed by atoms with Crippen molar-refractivity contribution in [1.82, 2.24) is 25.1 Å². The number of nitrogens with one attached hydrogen (secondary N) is 2. The zero-order valence-electron chi connectivity index (χ0n) is 20.4. The molecule has 0 radical (unpaired) electrons. The average molecular weight is 484 g/mol. The first-order chi connectivity index (χ1) is 17.2. The summed E-state index contributed by atoms with van der Waals surface area (Å²) < 4.78 is 1.69. The second-order valence-electron chi connectivity index (χ2n) is 11.0. The molecular formula is C28H29N5O3. The molecule has 2 saturated carbocycles. The van der Waals surface area contributed by atoms with Gasteiger partial charge >= 0.3 is 0 Å². The van der Waals surface area contributed by atoms with Crippen LogP contribution in [0.25, 0.3) is 22.4 Å². The third kappa shape index (κ3) is 4.01. The van der Waals surface area contributed by atoms with E-state index >= 15 is 0 Å². The minimum absolute atomic E-state index is 0.103. The minimum Gasteiger partial charge on any atom is -0.386 e. The maximum Gasteiger partial charge on any atom is 0.272 e. The van der Waals surface area contributed by atoms with Gasteiger partial charge in [-0.05, 0) is 62.6 Å². The van der Waals surface area contributed by atoms with Crippen molar-refractivity contribution in [1.29, 1.82) is 0 Å². The van der Waals surface area contributed by atoms with Crippen molar-refractivity contribution in [2.75, 3.05) is 0 Å². The van der Waals surface area contributed by atoms with E-state index in [1.165, 1.54) is 0 Å². The largest absolute Gasteiger partial charge is 0.386 e. The van der Waals surface area contributed by atoms with Crippen LogP contribution in [0.15, 0.2) is 59.7 Å². The van der Waals surface area contributed by atoms with E-state index < -0.39 is 5.60 Å². The zero-order valence-corrected chi connectivity index (χ0v) is 20.4. The molecule has 3 heterocycles. The molecule has 6 rings (SSSR count). The van der Waals surface area contributed by atoms with Gasteiger partial charge < -0.3 is 10.4 Å². The quantitative estimate of drug-likeness (QED) is 0.400. The van der Waals surface area contributed by atoms with Crippen LogP contribution in [0, 0.1) is 5.41 Å². The van der Waals surface area contributed by atoms with Crippen molar-refractivity contribution in [3.8, 4) is 0 Å². The molecule has 0 unspecified atom stereocenters. The number of carbonyl (C=O) groups excluding carboxylic acids is 1. The van der Waals surface area contributed by atoms with Crippen molar-refractivity contribution in [2.45, 2.75) is 57.1 Å². The van der Waals surface area contributed by atoms with Gasteiger partial charge in [-0.15, -0.1) is 0 Å². The predicted molar refractivity (Wildman–Crippen MR) is 138 cm³/mol. The number of rotatable bonds is 5. The highest BCUT2D eigenvalue weighted by molar-refractivity contribution is 6.00. The van der Waals surface area contributed by atoms with Crippen molar-refractivity contribution < 1.29 is 9.90 Å². The molecule has 1 amide bonds. The van der Waals surface area contributed by atoms with Crippen molar-refractivity contribution in [3.05, 3.63) is 82.0 Å². The van der Waals surface area contributed by atoms with E-state index in [1.54, 1.807) is 30.6 Å². The number of aliphatic hydroxyl groups is 1. The van der Waals surface area contributed by atoms with Crippen molar-refractivity contribution in [2.24, 2.45) is 5.41 Å². The molecule has 4 aromatic rings. The highest BCUT2D eigenvalue weighted by atomic mass is 16.3. The van der Waals surface area contributed by atoms with E-state index in [1.807, 2.05) is 48.7 Å². The third-order valence-corrected chi connectivity index (χ3v) is 7.63. The normalized spacial score (nSPS) is 23.8. The summed E-state index contributed by atoms with van der Waals surface area (Å²) in [5.41, 5.74) is 2.39. The predicted octanol–water partition coefficient (Wildman–Crippen LogP) is 3.81. The molecule has 8 nitrogen and oxygen atoms in total. The van der Waals surface area contributed by atoms with E-state index in [4.69, 9.17) is 0 Å². The number of hydrogen-bond acceptors (Lipinski definition) is 5. The molecule has 2 aliphatic carbocycles. The summed E-state index contributed by atoms with van der Waals surface area (Å²) in [4.78, 5) is 25.1. The van der Waals surface area contributed by atoms with E-state index in [0.29, 0.717) is 16.9 Å². The van der Waals surface area contributed by atoms with E-state index in [9.17, 15) is 14.7 Å². The topological polar surface area (TPSA) is 112 Å². The molecule has 2 aliphatic rings. The molecule has 0 aliphatic heterocycles. The van der Waals surface area contributed by atoms with Crippen LogP contribution in [-0.2, 0) is 0 Å². The molecule has 36 heavy (non-hydrogen) atoms. The first kappa shape index (κ1) is 22.7. The lowest BCUT2D eigenvalue weighted by molar-refractivity contribution is -0.0196. The second kappa shape index (κ2) is 8.13. The van der Waals surface area contributed by atoms with Crippen molar-refractivity contribution >= 4 is 28.3 Å². The third-order valence-electron chi connectivity index (χ3n) is 7.63. The molecule has 3 aromatic heterocycles. The van der Waals surface area contributed by atoms with Gasteiger partial charge in [0.1, 0.15) is 0 Å². The Kier molecular flexibility index (Phi) is 5.12. The van der Waals surface area contributed by atoms with E-state index in [0.717, 1.165) is 47.8 Å². The lowest BCUT2D eigenvalue weighted by Gasteiger charge is -2.57. The Hall–Kier alpha value is -3.78. The molecule has 1 aromatic carbocycles. The maximum atomic E-state index is 13.0. The summed E-state index contributed by atoms with van der Waals surface area (Å²) in [5, 5.41) is 26.1. The fourth-order valence-corrected chi connectivity index (χ4v) is 5.88. The summed E-state index contributed by atoms with van der Waals surface area (Å²) in [6.45, 7) is 3.44. The van der Waals surface area contributed by atoms with Gasteiger partial charge in [-0.25, -0.2) is 9.61 Å². The van der Waals surface area contributed by atoms with Crippen LogP contribution in [0.1, 0.15) is 67.1 Å². The maximum absolute atomic E-state index is 13.0. The number of H-pyrrole nitrogens is 1. The van der Waals surface area contributed by atoms with Gasteiger partial charge in [-0.1, -0.05) is 36.4 Å². The molecular weight excluding hydrogens is 454 g/mol. The van der Waals surface area contributed by atoms with Gasteiger partial charge in [0.15, 0.2) is 0 Å². The first-order valence-electron chi connectivity index (χ1n) is 12.4. The Morgan fingerprint density at radius 3 is 2.67 bits per heavy atom. The average Bonchev–Trinajstić information content (AvgIpc) is 3.22. The lowest BCUT2D eigenvalue weighted by atomic mass is 9.49. The van der Waals surface area contributed by atoms with Gasteiger partial charge in [0.25, 0.3) is 11.5 Å². The number of fused-ring (bicyclic) bond motifs is 2. The number of benzene rings is 1. The summed E-state index contributed by atoms with van der Waals surface area (Å²) >= 11 is 0. The highest BCUT2D eigenvalue weighted by Gasteiger charge is 2.54. The van der Waals surface area contributed by atoms with Gasteiger partial charge in [0.05, 0.1) is 34.0 Å². The molecule has 0 saturated heterocycles. The number of nitrogens with zero attached hydrogens (tertiary/aromatic N) is 3. The summed E-state index contributed by atoms with van der Waals surface area (Å²) in [7, 11) is 0. The monoisotopic (exact) mass is 483 g/mol. The van der Waals surface area contributed by atoms with Crippen LogP contribution < -0.4 is 10.9 Å². The van der Waals surface area contributed by atoms with Gasteiger partial charge in [0.2, 0.25) is 0 Å². The van der Waals surface area contributed by atoms with Crippen molar-refractivity contribution in [3.63, 3.8) is 0 Å². The van der Waals surface area contributed by atoms with E-state index in [-0.39, 0.29) is 22.9 Å². The van der Waals surface area contributed by atoms with Gasteiger partial charge in [0, 0.05) is 23.5 Å². The number of carbonyl (C=O) groups is 1. The number of aromatic nitrogens is 4. The number of hydrogen-bond donors (Lipinski definition) is 3. The highest BCUT2D eigenvalue weighted by Crippen LogP contribution is 2.62. The minimum atomic E-state index is -0.894. The molecule has 1 spiro atoms. The smallest absolute Gasteiger partial charge is 0.272 e. The van der Waals surface area contributed by atoms with Crippen LogP contribution in [0.5, 0.6) is 0 Å². The molecule has 3 N–H and O–H groups in total. The standard InChI is InChI=1S/C28H29N5O3/c1-27(2,36)10-9-17-7-8-23-22(15-29-33(23)16-17)25(34)30-19-13-28(14-19)11-18(12-28)24-20-5-3-4-6-21(20)26(35)32-31-24/h3-10,15-16,18-19,36H,11-14H2,1-2H3,(H,30,34)(H,32,35)/b10-9+. The number of aromatic amines is 1. The number of amides is 1. The first-order valence-corrected chi connectivity index (χ1v) is 12.4. The molecule has 0 bridgehead atoms. The van der Waals surface area contributed by atoms with E-state index in [2.05, 4.69) is 20.6 Å². The van der Waals surface area contributed by atoms with Crippen LogP contribution in [0.2, 0.25) is 0 Å². The Morgan fingerprint density at radius 2 is 1.92 bits per heavy atom. The lowest BCUT2D eigenvalue weighted by Crippen LogP contribution is -2.55. The Balaban J connectivity index is 1.08. The Bertz CT molecular complexity index is 1560. The Morgan fingerprint density at radius 1 is 1.17 bits per heavy atom. The fraction of sp³-hybridized carbons (Fsp3) is 0.357.